The van der Waals surface area contributed by atoms with Gasteiger partial charge in [-0.1, -0.05) is 13.8 Å². The van der Waals surface area contributed by atoms with Gasteiger partial charge in [0.15, 0.2) is 0 Å². The monoisotopic (exact) mass is 376 g/mol. The molecule has 1 aliphatic heterocycles. The van der Waals surface area contributed by atoms with E-state index in [4.69, 9.17) is 4.74 Å². The van der Waals surface area contributed by atoms with Crippen molar-refractivity contribution in [3.63, 3.8) is 0 Å². The average molecular weight is 376 g/mol. The number of hydrogen-bond acceptors (Lipinski definition) is 7. The molecule has 152 valence electrons. The molecule has 0 bridgehead atoms. The quantitative estimate of drug-likeness (QED) is 0.425. The molecular formula is C17H32N2O7. The summed E-state index contributed by atoms with van der Waals surface area (Å²) in [5, 5.41) is 42.5. The molecule has 0 aromatic rings. The van der Waals surface area contributed by atoms with Crippen molar-refractivity contribution in [3.05, 3.63) is 0 Å². The van der Waals surface area contributed by atoms with E-state index in [-0.39, 0.29) is 12.5 Å². The van der Waals surface area contributed by atoms with Crippen molar-refractivity contribution in [2.75, 3.05) is 13.1 Å². The molecule has 0 saturated carbocycles. The lowest BCUT2D eigenvalue weighted by atomic mass is 9.97. The Labute approximate surface area is 153 Å². The van der Waals surface area contributed by atoms with Crippen molar-refractivity contribution < 1.29 is 34.8 Å². The summed E-state index contributed by atoms with van der Waals surface area (Å²) in [6.07, 6.45) is -6.88. The molecule has 9 heteroatoms. The number of ether oxygens (including phenoxy) is 1. The van der Waals surface area contributed by atoms with Crippen LogP contribution in [0, 0.1) is 5.92 Å². The van der Waals surface area contributed by atoms with Gasteiger partial charge in [-0.05, 0) is 33.1 Å². The van der Waals surface area contributed by atoms with Crippen LogP contribution in [0.5, 0.6) is 0 Å². The largest absolute Gasteiger partial charge is 0.444 e. The maximum Gasteiger partial charge on any atom is 0.411 e. The number of nitrogens with zero attached hydrogens (tertiary/aromatic N) is 1. The lowest BCUT2D eigenvalue weighted by molar-refractivity contribution is -0.137. The van der Waals surface area contributed by atoms with E-state index in [1.54, 1.807) is 20.8 Å². The van der Waals surface area contributed by atoms with Crippen LogP contribution in [-0.4, -0.2) is 86.5 Å². The number of rotatable bonds is 2. The number of aliphatic hydroxyl groups excluding tert-OH is 4. The number of amides is 2. The molecule has 1 saturated heterocycles. The summed E-state index contributed by atoms with van der Waals surface area (Å²) in [4.78, 5) is 26.3. The molecule has 1 heterocycles. The van der Waals surface area contributed by atoms with Gasteiger partial charge in [0, 0.05) is 6.54 Å². The highest BCUT2D eigenvalue weighted by molar-refractivity contribution is 5.85. The Morgan fingerprint density at radius 2 is 1.73 bits per heavy atom. The molecular weight excluding hydrogens is 344 g/mol. The topological polar surface area (TPSA) is 140 Å². The van der Waals surface area contributed by atoms with Crippen molar-refractivity contribution >= 4 is 12.0 Å². The average Bonchev–Trinajstić information content (AvgIpc) is 2.50. The van der Waals surface area contributed by atoms with Crippen LogP contribution in [0.1, 0.15) is 41.0 Å². The zero-order chi connectivity index (χ0) is 20.2. The standard InChI is InChI=1S/C17H32N2O7/c1-9(2)6-10-15(24)18-7-11(20)13(22)14(23)12(21)8-19(10)16(25)26-17(3,4)5/h9-14,20-23H,6-8H2,1-5H3,(H,18,24)/t10?,11-,12+,13-,14-/m1/s1. The fourth-order valence-electron chi connectivity index (χ4n) is 2.68. The molecule has 2 amide bonds. The molecule has 1 unspecified atom stereocenters. The van der Waals surface area contributed by atoms with Gasteiger partial charge in [0.25, 0.3) is 0 Å². The maximum atomic E-state index is 12.6. The lowest BCUT2D eigenvalue weighted by Gasteiger charge is -2.38. The van der Waals surface area contributed by atoms with Crippen LogP contribution in [0.15, 0.2) is 0 Å². The number of nitrogens with one attached hydrogen (secondary N) is 1. The second-order valence-electron chi connectivity index (χ2n) is 8.14. The molecule has 1 fully saturated rings. The molecule has 0 aromatic carbocycles. The first-order chi connectivity index (χ1) is 11.8. The number of carbonyl (C=O) groups is 2. The van der Waals surface area contributed by atoms with Gasteiger partial charge in [-0.25, -0.2) is 4.79 Å². The second-order valence-corrected chi connectivity index (χ2v) is 8.14. The van der Waals surface area contributed by atoms with Gasteiger partial charge in [-0.15, -0.1) is 0 Å². The van der Waals surface area contributed by atoms with Crippen LogP contribution in [0.4, 0.5) is 4.79 Å². The fraction of sp³-hybridized carbons (Fsp3) is 0.882. The van der Waals surface area contributed by atoms with Crippen molar-refractivity contribution in [2.24, 2.45) is 5.92 Å². The van der Waals surface area contributed by atoms with Crippen LogP contribution in [0.25, 0.3) is 0 Å². The van der Waals surface area contributed by atoms with Gasteiger partial charge in [0.1, 0.15) is 30.0 Å². The first kappa shape index (κ1) is 22.6. The summed E-state index contributed by atoms with van der Waals surface area (Å²) in [6, 6.07) is -0.950. The minimum atomic E-state index is -1.69. The molecule has 0 spiro atoms. The van der Waals surface area contributed by atoms with Gasteiger partial charge in [0.2, 0.25) is 5.91 Å². The predicted octanol–water partition coefficient (Wildman–Crippen LogP) is -0.788. The van der Waals surface area contributed by atoms with Crippen molar-refractivity contribution in [3.8, 4) is 0 Å². The van der Waals surface area contributed by atoms with Gasteiger partial charge in [-0.2, -0.15) is 0 Å². The van der Waals surface area contributed by atoms with Crippen LogP contribution in [0.3, 0.4) is 0 Å². The molecule has 1 aliphatic rings. The number of β-amino-alcohol motifs (C(OH)–C–C–N with tert-alkyl or cyclic N) is 2. The molecule has 26 heavy (non-hydrogen) atoms. The summed E-state index contributed by atoms with van der Waals surface area (Å²) in [5.74, 6) is -0.476. The predicted molar refractivity (Wildman–Crippen MR) is 93.2 cm³/mol. The number of aliphatic hydroxyl groups is 4. The van der Waals surface area contributed by atoms with E-state index in [0.29, 0.717) is 6.42 Å². The minimum absolute atomic E-state index is 0.0520. The highest BCUT2D eigenvalue weighted by Gasteiger charge is 2.40. The third kappa shape index (κ3) is 6.39. The van der Waals surface area contributed by atoms with Crippen LogP contribution in [0.2, 0.25) is 0 Å². The van der Waals surface area contributed by atoms with E-state index in [0.717, 1.165) is 4.90 Å². The van der Waals surface area contributed by atoms with E-state index >= 15 is 0 Å². The van der Waals surface area contributed by atoms with Crippen LogP contribution >= 0.6 is 0 Å². The molecule has 9 nitrogen and oxygen atoms in total. The maximum absolute atomic E-state index is 12.6. The van der Waals surface area contributed by atoms with Crippen molar-refractivity contribution in [2.45, 2.75) is 77.1 Å². The van der Waals surface area contributed by atoms with Crippen LogP contribution < -0.4 is 5.32 Å². The van der Waals surface area contributed by atoms with E-state index in [1.165, 1.54) is 0 Å². The van der Waals surface area contributed by atoms with Gasteiger partial charge >= 0.3 is 6.09 Å². The summed E-state index contributed by atoms with van der Waals surface area (Å²) in [5.41, 5.74) is -0.815. The summed E-state index contributed by atoms with van der Waals surface area (Å²) < 4.78 is 5.34. The van der Waals surface area contributed by atoms with E-state index in [1.807, 2.05) is 13.8 Å². The van der Waals surface area contributed by atoms with Gasteiger partial charge < -0.3 is 30.5 Å². The zero-order valence-corrected chi connectivity index (χ0v) is 16.0. The van der Waals surface area contributed by atoms with Crippen molar-refractivity contribution in [1.82, 2.24) is 10.2 Å². The van der Waals surface area contributed by atoms with E-state index in [2.05, 4.69) is 5.32 Å². The first-order valence-electron chi connectivity index (χ1n) is 8.83. The zero-order valence-electron chi connectivity index (χ0n) is 16.0. The number of carbonyl (C=O) groups excluding carboxylic acids is 2. The Hall–Kier alpha value is -1.42. The fourth-order valence-corrected chi connectivity index (χ4v) is 2.68. The SMILES string of the molecule is CC(C)CC1C(=O)NC[C@@H](O)[C@@H](O)[C@H](O)[C@@H](O)CN1C(=O)OC(C)(C)C. The van der Waals surface area contributed by atoms with Gasteiger partial charge in [-0.3, -0.25) is 9.69 Å². The third-order valence-electron chi connectivity index (χ3n) is 4.01. The Bertz CT molecular complexity index is 492. The van der Waals surface area contributed by atoms with E-state index < -0.39 is 54.6 Å². The summed E-state index contributed by atoms with van der Waals surface area (Å²) >= 11 is 0. The highest BCUT2D eigenvalue weighted by atomic mass is 16.6. The molecule has 0 aliphatic carbocycles. The minimum Gasteiger partial charge on any atom is -0.444 e. The summed E-state index contributed by atoms with van der Waals surface area (Å²) in [6.45, 7) is 8.04. The van der Waals surface area contributed by atoms with Crippen molar-refractivity contribution in [1.29, 1.82) is 0 Å². The van der Waals surface area contributed by atoms with Gasteiger partial charge in [0.05, 0.1) is 12.6 Å². The van der Waals surface area contributed by atoms with Crippen LogP contribution in [-0.2, 0) is 9.53 Å². The number of hydrogen-bond donors (Lipinski definition) is 5. The molecule has 0 aromatic heterocycles. The first-order valence-corrected chi connectivity index (χ1v) is 8.83. The Morgan fingerprint density at radius 1 is 1.19 bits per heavy atom. The third-order valence-corrected chi connectivity index (χ3v) is 4.01. The highest BCUT2D eigenvalue weighted by Crippen LogP contribution is 2.20. The molecule has 1 rings (SSSR count). The van der Waals surface area contributed by atoms with E-state index in [9.17, 15) is 30.0 Å². The molecule has 5 N–H and O–H groups in total. The Kier molecular flexibility index (Phi) is 7.82. The molecule has 5 atom stereocenters. The normalized spacial score (nSPS) is 31.5. The Morgan fingerprint density at radius 3 is 2.23 bits per heavy atom. The Balaban J connectivity index is 3.21. The second kappa shape index (κ2) is 8.98. The summed E-state index contributed by atoms with van der Waals surface area (Å²) in [7, 11) is 0. The smallest absolute Gasteiger partial charge is 0.411 e. The molecule has 0 radical (unpaired) electrons. The lowest BCUT2D eigenvalue weighted by Crippen LogP contribution is -2.60.